The third kappa shape index (κ3) is 2.71. The zero-order valence-electron chi connectivity index (χ0n) is 10.3. The second-order valence-electron chi connectivity index (χ2n) is 4.49. The first kappa shape index (κ1) is 13.8. The third-order valence-electron chi connectivity index (χ3n) is 2.75. The van der Waals surface area contributed by atoms with Crippen LogP contribution < -0.4 is 0 Å². The maximum Gasteiger partial charge on any atom is 0.328 e. The van der Waals surface area contributed by atoms with E-state index in [1.54, 1.807) is 12.1 Å². The van der Waals surface area contributed by atoms with E-state index in [1.165, 1.54) is 12.1 Å². The van der Waals surface area contributed by atoms with Crippen LogP contribution in [0.4, 0.5) is 0 Å². The molecule has 0 unspecified atom stereocenters. The lowest BCUT2D eigenvalue weighted by Gasteiger charge is -2.24. The summed E-state index contributed by atoms with van der Waals surface area (Å²) in [6.07, 6.45) is 3.98. The van der Waals surface area contributed by atoms with Crippen LogP contribution in [0.2, 0.25) is 0 Å². The summed E-state index contributed by atoms with van der Waals surface area (Å²) in [5.41, 5.74) is 0.369. The molecule has 0 amide bonds. The average Bonchev–Trinajstić information content (AvgIpc) is 2.30. The van der Waals surface area contributed by atoms with Gasteiger partial charge in [0.25, 0.3) is 0 Å². The number of phenolic OH excluding ortho intramolecular Hbond substituents is 2. The zero-order chi connectivity index (χ0) is 13.9. The summed E-state index contributed by atoms with van der Waals surface area (Å²) in [4.78, 5) is 10.5. The molecule has 18 heavy (non-hydrogen) atoms. The van der Waals surface area contributed by atoms with Gasteiger partial charge in [0.1, 0.15) is 0 Å². The predicted molar refractivity (Wildman–Crippen MR) is 69.7 cm³/mol. The van der Waals surface area contributed by atoms with Gasteiger partial charge >= 0.3 is 5.97 Å². The molecule has 0 heterocycles. The quantitative estimate of drug-likeness (QED) is 0.435. The average molecular weight is 248 g/mol. The van der Waals surface area contributed by atoms with Crippen LogP contribution in [0.3, 0.4) is 0 Å². The van der Waals surface area contributed by atoms with Gasteiger partial charge in [-0.1, -0.05) is 26.0 Å². The van der Waals surface area contributed by atoms with Crippen LogP contribution in [-0.4, -0.2) is 21.3 Å². The first-order valence-corrected chi connectivity index (χ1v) is 5.39. The first-order valence-electron chi connectivity index (χ1n) is 5.39. The summed E-state index contributed by atoms with van der Waals surface area (Å²) in [7, 11) is 0. The molecule has 3 N–H and O–H groups in total. The topological polar surface area (TPSA) is 77.8 Å². The highest BCUT2D eigenvalue weighted by atomic mass is 16.4. The highest BCUT2D eigenvalue weighted by molar-refractivity contribution is 5.86. The number of carboxylic acids is 1. The molecule has 0 radical (unpaired) electrons. The minimum absolute atomic E-state index is 0.243. The Labute approximate surface area is 106 Å². The number of benzene rings is 1. The standard InChI is InChI=1S/C14H16O4/c1-4-14(2,3)12-9(6-8-11(16)17)5-7-10(15)13(12)18/h4-8,15,18H,1H2,2-3H3,(H,16,17). The summed E-state index contributed by atoms with van der Waals surface area (Å²) in [5.74, 6) is -1.58. The Morgan fingerprint density at radius 2 is 1.94 bits per heavy atom. The van der Waals surface area contributed by atoms with E-state index in [0.717, 1.165) is 6.08 Å². The van der Waals surface area contributed by atoms with Gasteiger partial charge in [-0.3, -0.25) is 0 Å². The minimum atomic E-state index is -1.08. The van der Waals surface area contributed by atoms with E-state index in [2.05, 4.69) is 6.58 Å². The van der Waals surface area contributed by atoms with Crippen molar-refractivity contribution in [1.29, 1.82) is 0 Å². The van der Waals surface area contributed by atoms with Crippen LogP contribution in [0.5, 0.6) is 11.5 Å². The summed E-state index contributed by atoms with van der Waals surface area (Å²) in [6, 6.07) is 2.87. The largest absolute Gasteiger partial charge is 0.504 e. The SMILES string of the molecule is C=CC(C)(C)c1c(C=CC(=O)O)ccc(O)c1O. The van der Waals surface area contributed by atoms with E-state index in [0.29, 0.717) is 11.1 Å². The van der Waals surface area contributed by atoms with Crippen molar-refractivity contribution in [3.63, 3.8) is 0 Å². The van der Waals surface area contributed by atoms with E-state index in [1.807, 2.05) is 13.8 Å². The highest BCUT2D eigenvalue weighted by Gasteiger charge is 2.25. The molecule has 96 valence electrons. The van der Waals surface area contributed by atoms with E-state index in [4.69, 9.17) is 5.11 Å². The molecule has 1 aromatic carbocycles. The van der Waals surface area contributed by atoms with Gasteiger partial charge in [-0.05, 0) is 17.7 Å². The van der Waals surface area contributed by atoms with Gasteiger partial charge in [-0.25, -0.2) is 4.79 Å². The molecule has 0 fully saturated rings. The van der Waals surface area contributed by atoms with Crippen molar-refractivity contribution in [2.45, 2.75) is 19.3 Å². The number of allylic oxidation sites excluding steroid dienone is 1. The molecule has 4 nitrogen and oxygen atoms in total. The number of hydrogen-bond acceptors (Lipinski definition) is 3. The lowest BCUT2D eigenvalue weighted by atomic mass is 9.81. The predicted octanol–water partition coefficient (Wildman–Crippen LogP) is 2.66. The molecule has 4 heteroatoms. The van der Waals surface area contributed by atoms with Crippen LogP contribution in [0, 0.1) is 0 Å². The Morgan fingerprint density at radius 3 is 2.44 bits per heavy atom. The first-order chi connectivity index (χ1) is 8.29. The van der Waals surface area contributed by atoms with Crippen molar-refractivity contribution in [2.24, 2.45) is 0 Å². The molecule has 0 aliphatic carbocycles. The van der Waals surface area contributed by atoms with Crippen LogP contribution in [0.15, 0.2) is 30.9 Å². The number of carboxylic acid groups (broad SMARTS) is 1. The fraction of sp³-hybridized carbons (Fsp3) is 0.214. The molecule has 1 rings (SSSR count). The molecule has 0 aliphatic rings. The normalized spacial score (nSPS) is 11.7. The Bertz CT molecular complexity index is 513. The zero-order valence-corrected chi connectivity index (χ0v) is 10.3. The summed E-state index contributed by atoms with van der Waals surface area (Å²) in [6.45, 7) is 7.31. The highest BCUT2D eigenvalue weighted by Crippen LogP contribution is 2.40. The lowest BCUT2D eigenvalue weighted by molar-refractivity contribution is -0.131. The number of aliphatic carboxylic acids is 1. The van der Waals surface area contributed by atoms with Crippen molar-refractivity contribution < 1.29 is 20.1 Å². The number of hydrogen-bond donors (Lipinski definition) is 3. The second kappa shape index (κ2) is 4.96. The van der Waals surface area contributed by atoms with E-state index >= 15 is 0 Å². The maximum atomic E-state index is 10.5. The van der Waals surface area contributed by atoms with E-state index < -0.39 is 11.4 Å². The van der Waals surface area contributed by atoms with Gasteiger partial charge in [0.05, 0.1) is 0 Å². The molecule has 0 aromatic heterocycles. The molecular weight excluding hydrogens is 232 g/mol. The van der Waals surface area contributed by atoms with Gasteiger partial charge < -0.3 is 15.3 Å². The van der Waals surface area contributed by atoms with Gasteiger partial charge in [-0.15, -0.1) is 6.58 Å². The fourth-order valence-electron chi connectivity index (χ4n) is 1.67. The van der Waals surface area contributed by atoms with Gasteiger partial charge in [-0.2, -0.15) is 0 Å². The monoisotopic (exact) mass is 248 g/mol. The van der Waals surface area contributed by atoms with Crippen LogP contribution >= 0.6 is 0 Å². The molecule has 0 saturated carbocycles. The molecule has 0 aliphatic heterocycles. The Kier molecular flexibility index (Phi) is 3.81. The number of rotatable bonds is 4. The number of aromatic hydroxyl groups is 2. The second-order valence-corrected chi connectivity index (χ2v) is 4.49. The molecule has 0 bridgehead atoms. The Morgan fingerprint density at radius 1 is 1.33 bits per heavy atom. The van der Waals surface area contributed by atoms with E-state index in [9.17, 15) is 15.0 Å². The molecule has 0 atom stereocenters. The summed E-state index contributed by atoms with van der Waals surface area (Å²) < 4.78 is 0. The van der Waals surface area contributed by atoms with Crippen LogP contribution in [0.1, 0.15) is 25.0 Å². The Balaban J connectivity index is 3.49. The summed E-state index contributed by atoms with van der Waals surface area (Å²) >= 11 is 0. The van der Waals surface area contributed by atoms with Crippen LogP contribution in [-0.2, 0) is 10.2 Å². The fourth-order valence-corrected chi connectivity index (χ4v) is 1.67. The molecule has 0 spiro atoms. The number of carbonyl (C=O) groups is 1. The lowest BCUT2D eigenvalue weighted by Crippen LogP contribution is -2.15. The van der Waals surface area contributed by atoms with Crippen molar-refractivity contribution in [3.05, 3.63) is 42.0 Å². The minimum Gasteiger partial charge on any atom is -0.504 e. The van der Waals surface area contributed by atoms with Crippen LogP contribution in [0.25, 0.3) is 6.08 Å². The maximum absolute atomic E-state index is 10.5. The van der Waals surface area contributed by atoms with Crippen molar-refractivity contribution in [3.8, 4) is 11.5 Å². The van der Waals surface area contributed by atoms with Gasteiger partial charge in [0, 0.05) is 17.1 Å². The van der Waals surface area contributed by atoms with Crippen molar-refractivity contribution in [2.75, 3.05) is 0 Å². The smallest absolute Gasteiger partial charge is 0.328 e. The van der Waals surface area contributed by atoms with Crippen molar-refractivity contribution in [1.82, 2.24) is 0 Å². The van der Waals surface area contributed by atoms with Crippen molar-refractivity contribution >= 4 is 12.0 Å². The molecule has 0 saturated heterocycles. The number of phenols is 2. The summed E-state index contributed by atoms with van der Waals surface area (Å²) in [5, 5.41) is 28.1. The van der Waals surface area contributed by atoms with E-state index in [-0.39, 0.29) is 11.5 Å². The third-order valence-corrected chi connectivity index (χ3v) is 2.75. The van der Waals surface area contributed by atoms with Gasteiger partial charge in [0.15, 0.2) is 11.5 Å². The van der Waals surface area contributed by atoms with Gasteiger partial charge in [0.2, 0.25) is 0 Å². The molecule has 1 aromatic rings. The Hall–Kier alpha value is -2.23. The molecular formula is C14H16O4.